The van der Waals surface area contributed by atoms with E-state index in [1.807, 2.05) is 6.92 Å². The molecule has 0 saturated heterocycles. The normalized spacial score (nSPS) is 12.3. The second-order valence-electron chi connectivity index (χ2n) is 8.07. The minimum atomic E-state index is -4.01. The van der Waals surface area contributed by atoms with E-state index in [0.29, 0.717) is 34.3 Å². The van der Waals surface area contributed by atoms with E-state index in [0.717, 1.165) is 15.0 Å². The van der Waals surface area contributed by atoms with Crippen molar-refractivity contribution in [3.63, 3.8) is 0 Å². The van der Waals surface area contributed by atoms with E-state index in [9.17, 15) is 18.0 Å². The van der Waals surface area contributed by atoms with Gasteiger partial charge >= 0.3 is 10.2 Å². The van der Waals surface area contributed by atoms with Gasteiger partial charge in [0.1, 0.15) is 12.6 Å². The first kappa shape index (κ1) is 28.9. The molecule has 1 atom stereocenters. The zero-order valence-electron chi connectivity index (χ0n) is 20.4. The highest BCUT2D eigenvalue weighted by atomic mass is 35.5. The van der Waals surface area contributed by atoms with Crippen molar-refractivity contribution in [1.29, 1.82) is 0 Å². The lowest BCUT2D eigenvalue weighted by Gasteiger charge is -2.34. The van der Waals surface area contributed by atoms with Gasteiger partial charge in [0, 0.05) is 42.8 Å². The van der Waals surface area contributed by atoms with Gasteiger partial charge in [-0.25, -0.2) is 4.31 Å². The van der Waals surface area contributed by atoms with Crippen LogP contribution in [0.25, 0.3) is 0 Å². The highest BCUT2D eigenvalue weighted by molar-refractivity contribution is 7.90. The van der Waals surface area contributed by atoms with E-state index in [1.165, 1.54) is 19.0 Å². The molecular weight excluding hydrogens is 511 g/mol. The Bertz CT molecular complexity index is 1090. The standard InChI is InChI=1S/C24H32Cl2N4O4S/c1-5-15-27-24(32)22(6-2)29(16-19-20(25)13-10-14-21(19)26)23(31)17-30(35(33,34)28(3)4)18-11-8-7-9-12-18/h7-14,22H,5-6,15-17H2,1-4H3,(H,27,32)/t22-/m1/s1. The maximum Gasteiger partial charge on any atom is 0.304 e. The molecule has 8 nitrogen and oxygen atoms in total. The molecule has 0 aliphatic rings. The summed E-state index contributed by atoms with van der Waals surface area (Å²) in [6.45, 7) is 3.60. The van der Waals surface area contributed by atoms with Crippen molar-refractivity contribution in [2.75, 3.05) is 31.5 Å². The van der Waals surface area contributed by atoms with Crippen LogP contribution >= 0.6 is 23.2 Å². The predicted molar refractivity (Wildman–Crippen MR) is 141 cm³/mol. The van der Waals surface area contributed by atoms with Crippen LogP contribution in [0.2, 0.25) is 10.0 Å². The molecule has 192 valence electrons. The first-order valence-electron chi connectivity index (χ1n) is 11.3. The number of hydrogen-bond acceptors (Lipinski definition) is 4. The first-order valence-corrected chi connectivity index (χ1v) is 13.4. The zero-order chi connectivity index (χ0) is 26.2. The van der Waals surface area contributed by atoms with E-state index < -0.39 is 28.7 Å². The molecule has 0 aromatic heterocycles. The van der Waals surface area contributed by atoms with E-state index in [1.54, 1.807) is 55.5 Å². The molecule has 0 aliphatic carbocycles. The van der Waals surface area contributed by atoms with Crippen molar-refractivity contribution in [1.82, 2.24) is 14.5 Å². The second kappa shape index (κ2) is 13.1. The number of para-hydroxylation sites is 1. The number of carbonyl (C=O) groups is 2. The molecule has 0 heterocycles. The Labute approximate surface area is 218 Å². The lowest BCUT2D eigenvalue weighted by molar-refractivity contribution is -0.140. The molecule has 35 heavy (non-hydrogen) atoms. The minimum absolute atomic E-state index is 0.0555. The molecule has 2 amide bonds. The van der Waals surface area contributed by atoms with Crippen LogP contribution < -0.4 is 9.62 Å². The van der Waals surface area contributed by atoms with Gasteiger partial charge in [0.25, 0.3) is 0 Å². The Morgan fingerprint density at radius 3 is 2.09 bits per heavy atom. The van der Waals surface area contributed by atoms with E-state index in [2.05, 4.69) is 5.32 Å². The molecular formula is C24H32Cl2N4O4S. The van der Waals surface area contributed by atoms with Gasteiger partial charge in [0.05, 0.1) is 5.69 Å². The molecule has 0 saturated carbocycles. The third-order valence-electron chi connectivity index (χ3n) is 5.39. The number of rotatable bonds is 12. The lowest BCUT2D eigenvalue weighted by atomic mass is 10.1. The lowest BCUT2D eigenvalue weighted by Crippen LogP contribution is -2.53. The number of anilines is 1. The fraction of sp³-hybridized carbons (Fsp3) is 0.417. The molecule has 0 spiro atoms. The van der Waals surface area contributed by atoms with Crippen molar-refractivity contribution < 1.29 is 18.0 Å². The average Bonchev–Trinajstić information content (AvgIpc) is 2.82. The van der Waals surface area contributed by atoms with Gasteiger partial charge in [-0.1, -0.05) is 61.3 Å². The summed E-state index contributed by atoms with van der Waals surface area (Å²) in [4.78, 5) is 28.1. The van der Waals surface area contributed by atoms with Gasteiger partial charge in [0.2, 0.25) is 11.8 Å². The van der Waals surface area contributed by atoms with Crippen molar-refractivity contribution in [2.24, 2.45) is 0 Å². The summed E-state index contributed by atoms with van der Waals surface area (Å²) in [6, 6.07) is 12.5. The van der Waals surface area contributed by atoms with Crippen LogP contribution in [0.1, 0.15) is 32.3 Å². The smallest absolute Gasteiger partial charge is 0.304 e. The molecule has 2 rings (SSSR count). The monoisotopic (exact) mass is 542 g/mol. The van der Waals surface area contributed by atoms with Crippen molar-refractivity contribution in [3.05, 3.63) is 64.1 Å². The number of nitrogens with zero attached hydrogens (tertiary/aromatic N) is 3. The minimum Gasteiger partial charge on any atom is -0.354 e. The Morgan fingerprint density at radius 2 is 1.57 bits per heavy atom. The molecule has 1 N–H and O–H groups in total. The Morgan fingerprint density at radius 1 is 0.971 bits per heavy atom. The quantitative estimate of drug-likeness (QED) is 0.439. The summed E-state index contributed by atoms with van der Waals surface area (Å²) in [5, 5.41) is 3.52. The zero-order valence-corrected chi connectivity index (χ0v) is 22.7. The summed E-state index contributed by atoms with van der Waals surface area (Å²) in [6.07, 6.45) is 1.05. The van der Waals surface area contributed by atoms with Gasteiger partial charge in [-0.15, -0.1) is 0 Å². The van der Waals surface area contributed by atoms with Gasteiger partial charge in [-0.2, -0.15) is 12.7 Å². The van der Waals surface area contributed by atoms with E-state index in [4.69, 9.17) is 23.2 Å². The Hall–Kier alpha value is -2.33. The predicted octanol–water partition coefficient (Wildman–Crippen LogP) is 3.94. The molecule has 0 bridgehead atoms. The Kier molecular flexibility index (Phi) is 10.8. The van der Waals surface area contributed by atoms with Gasteiger partial charge < -0.3 is 10.2 Å². The molecule has 2 aromatic rings. The number of carbonyl (C=O) groups excluding carboxylic acids is 2. The van der Waals surface area contributed by atoms with Crippen molar-refractivity contribution in [3.8, 4) is 0 Å². The highest BCUT2D eigenvalue weighted by Crippen LogP contribution is 2.28. The fourth-order valence-corrected chi connectivity index (χ4v) is 5.02. The topological polar surface area (TPSA) is 90.0 Å². The largest absolute Gasteiger partial charge is 0.354 e. The number of hydrogen-bond donors (Lipinski definition) is 1. The molecule has 0 radical (unpaired) electrons. The summed E-state index contributed by atoms with van der Waals surface area (Å²) in [5.41, 5.74) is 0.807. The molecule has 11 heteroatoms. The van der Waals surface area contributed by atoms with Crippen LogP contribution in [0.3, 0.4) is 0 Å². The maximum atomic E-state index is 13.7. The Balaban J connectivity index is 2.52. The van der Waals surface area contributed by atoms with Crippen LogP contribution in [0.15, 0.2) is 48.5 Å². The fourth-order valence-electron chi connectivity index (χ4n) is 3.45. The summed E-state index contributed by atoms with van der Waals surface area (Å²) in [7, 11) is -1.22. The van der Waals surface area contributed by atoms with E-state index >= 15 is 0 Å². The molecule has 0 unspecified atom stereocenters. The number of amides is 2. The third-order valence-corrected chi connectivity index (χ3v) is 7.92. The number of halogens is 2. The van der Waals surface area contributed by atoms with Crippen LogP contribution in [0, 0.1) is 0 Å². The third kappa shape index (κ3) is 7.33. The van der Waals surface area contributed by atoms with Gasteiger partial charge in [0.15, 0.2) is 0 Å². The molecule has 0 aliphatic heterocycles. The molecule has 2 aromatic carbocycles. The molecule has 0 fully saturated rings. The summed E-state index contributed by atoms with van der Waals surface area (Å²) in [5.74, 6) is -0.888. The van der Waals surface area contributed by atoms with Crippen LogP contribution in [-0.2, 0) is 26.3 Å². The van der Waals surface area contributed by atoms with E-state index in [-0.39, 0.29) is 12.5 Å². The van der Waals surface area contributed by atoms with Crippen LogP contribution in [0.4, 0.5) is 5.69 Å². The SMILES string of the molecule is CCCNC(=O)[C@@H](CC)N(Cc1c(Cl)cccc1Cl)C(=O)CN(c1ccccc1)S(=O)(=O)N(C)C. The van der Waals surface area contributed by atoms with Gasteiger partial charge in [-0.05, 0) is 37.1 Å². The van der Waals surface area contributed by atoms with Crippen LogP contribution in [0.5, 0.6) is 0 Å². The summed E-state index contributed by atoms with van der Waals surface area (Å²) < 4.78 is 28.3. The van der Waals surface area contributed by atoms with Gasteiger partial charge in [-0.3, -0.25) is 9.59 Å². The second-order valence-corrected chi connectivity index (χ2v) is 11.0. The van der Waals surface area contributed by atoms with Crippen molar-refractivity contribution >= 4 is 50.9 Å². The summed E-state index contributed by atoms with van der Waals surface area (Å²) >= 11 is 12.7. The van der Waals surface area contributed by atoms with Crippen LogP contribution in [-0.4, -0.2) is 62.7 Å². The average molecular weight is 544 g/mol. The van der Waals surface area contributed by atoms with Crippen molar-refractivity contribution in [2.45, 2.75) is 39.3 Å². The highest BCUT2D eigenvalue weighted by Gasteiger charge is 2.34. The first-order chi connectivity index (χ1) is 16.5. The number of nitrogens with one attached hydrogen (secondary N) is 1. The number of benzene rings is 2. The maximum absolute atomic E-state index is 13.7.